The van der Waals surface area contributed by atoms with Crippen molar-refractivity contribution >= 4 is 32.7 Å². The van der Waals surface area contributed by atoms with Gasteiger partial charge in [-0.05, 0) is 46.5 Å². The third-order valence-electron chi connectivity index (χ3n) is 8.61. The Morgan fingerprint density at radius 1 is 0.694 bits per heavy atom. The lowest BCUT2D eigenvalue weighted by molar-refractivity contribution is -0.255. The maximum Gasteiger partial charge on any atom is 0.243 e. The molecular formula is C39H35N3O5S2. The topological polar surface area (TPSA) is 111 Å². The Morgan fingerprint density at radius 2 is 1.41 bits per heavy atom. The first-order valence-electron chi connectivity index (χ1n) is 16.0. The zero-order valence-electron chi connectivity index (χ0n) is 26.5. The fourth-order valence-electron chi connectivity index (χ4n) is 6.09. The van der Waals surface area contributed by atoms with Crippen molar-refractivity contribution < 1.29 is 23.0 Å². The molecule has 4 unspecified atom stereocenters. The van der Waals surface area contributed by atoms with Crippen LogP contribution in [0.25, 0.3) is 10.9 Å². The van der Waals surface area contributed by atoms with Gasteiger partial charge in [-0.1, -0.05) is 103 Å². The van der Waals surface area contributed by atoms with Crippen molar-refractivity contribution in [1.29, 1.82) is 0 Å². The Kier molecular flexibility index (Phi) is 10.1. The third kappa shape index (κ3) is 7.60. The molecule has 1 saturated heterocycles. The molecule has 4 aromatic carbocycles. The minimum atomic E-state index is -3.81. The van der Waals surface area contributed by atoms with E-state index in [2.05, 4.69) is 26.8 Å². The van der Waals surface area contributed by atoms with Gasteiger partial charge in [0.1, 0.15) is 4.90 Å². The quantitative estimate of drug-likeness (QED) is 0.136. The number of aliphatic hydroxyl groups excluding tert-OH is 1. The average Bonchev–Trinajstić information content (AvgIpc) is 3.16. The highest BCUT2D eigenvalue weighted by molar-refractivity contribution is 7.99. The molecule has 4 atom stereocenters. The first-order chi connectivity index (χ1) is 24.0. The van der Waals surface area contributed by atoms with E-state index in [1.807, 2.05) is 97.1 Å². The molecule has 248 valence electrons. The monoisotopic (exact) mass is 689 g/mol. The second-order valence-electron chi connectivity index (χ2n) is 11.8. The van der Waals surface area contributed by atoms with E-state index in [4.69, 9.17) is 9.47 Å². The number of hydrogen-bond acceptors (Lipinski definition) is 8. The van der Waals surface area contributed by atoms with Crippen molar-refractivity contribution in [2.75, 3.05) is 5.75 Å². The van der Waals surface area contributed by atoms with E-state index >= 15 is 0 Å². The van der Waals surface area contributed by atoms with Crippen molar-refractivity contribution in [3.05, 3.63) is 168 Å². The molecule has 0 saturated carbocycles. The van der Waals surface area contributed by atoms with Crippen LogP contribution < -0.4 is 4.72 Å². The van der Waals surface area contributed by atoms with Gasteiger partial charge in [0, 0.05) is 41.6 Å². The highest BCUT2D eigenvalue weighted by atomic mass is 32.2. The minimum absolute atomic E-state index is 0.0374. The summed E-state index contributed by atoms with van der Waals surface area (Å²) in [4.78, 5) is 8.96. The lowest BCUT2D eigenvalue weighted by Gasteiger charge is -2.43. The molecule has 2 N–H and O–H groups in total. The van der Waals surface area contributed by atoms with E-state index in [-0.39, 0.29) is 36.2 Å². The van der Waals surface area contributed by atoms with Crippen molar-refractivity contribution in [2.24, 2.45) is 0 Å². The zero-order valence-corrected chi connectivity index (χ0v) is 28.1. The van der Waals surface area contributed by atoms with Crippen LogP contribution in [0.1, 0.15) is 46.1 Å². The largest absolute Gasteiger partial charge is 0.392 e. The maximum atomic E-state index is 13.3. The van der Waals surface area contributed by atoms with Gasteiger partial charge in [-0.25, -0.2) is 18.1 Å². The van der Waals surface area contributed by atoms with Crippen molar-refractivity contribution in [3.8, 4) is 0 Å². The smallest absolute Gasteiger partial charge is 0.243 e. The molecule has 3 heterocycles. The lowest BCUT2D eigenvalue weighted by Crippen LogP contribution is -2.38. The first-order valence-corrected chi connectivity index (χ1v) is 18.5. The number of nitrogens with one attached hydrogen (secondary N) is 1. The number of ether oxygens (including phenoxy) is 2. The Bertz CT molecular complexity index is 2090. The second-order valence-corrected chi connectivity index (χ2v) is 14.6. The summed E-state index contributed by atoms with van der Waals surface area (Å²) in [7, 11) is -3.81. The van der Waals surface area contributed by atoms with Crippen LogP contribution in [0.15, 0.2) is 150 Å². The fourth-order valence-corrected chi connectivity index (χ4v) is 8.22. The Labute approximate surface area is 290 Å². The van der Waals surface area contributed by atoms with Gasteiger partial charge < -0.3 is 14.6 Å². The second kappa shape index (κ2) is 15.0. The predicted molar refractivity (Wildman–Crippen MR) is 190 cm³/mol. The predicted octanol–water partition coefficient (Wildman–Crippen LogP) is 7.33. The number of para-hydroxylation sites is 1. The van der Waals surface area contributed by atoms with Gasteiger partial charge >= 0.3 is 0 Å². The van der Waals surface area contributed by atoms with E-state index in [0.29, 0.717) is 11.3 Å². The van der Waals surface area contributed by atoms with E-state index in [1.165, 1.54) is 0 Å². The van der Waals surface area contributed by atoms with Gasteiger partial charge in [-0.2, -0.15) is 0 Å². The van der Waals surface area contributed by atoms with Crippen LogP contribution in [0.2, 0.25) is 0 Å². The van der Waals surface area contributed by atoms with Gasteiger partial charge in [-0.3, -0.25) is 4.98 Å². The molecule has 0 bridgehead atoms. The molecule has 1 fully saturated rings. The standard InChI is InChI=1S/C39H35N3O5S2/c43-25-28-16-18-31(19-17-28)38-36(29-8-2-1-3-9-29)33(26-48-35-13-4-5-22-40-35)46-39(47-38)32-20-14-27(15-21-32)24-42-49(44,45)34-12-6-10-30-11-7-23-41-37(30)34/h1-23,33,36,38-39,42-43H,24-26H2. The number of aliphatic hydroxyl groups is 1. The fraction of sp³-hybridized carbons (Fsp3) is 0.179. The summed E-state index contributed by atoms with van der Waals surface area (Å²) >= 11 is 1.64. The minimum Gasteiger partial charge on any atom is -0.392 e. The summed E-state index contributed by atoms with van der Waals surface area (Å²) in [5.41, 5.74) is 4.96. The van der Waals surface area contributed by atoms with Crippen LogP contribution in [-0.4, -0.2) is 35.3 Å². The molecular weight excluding hydrogens is 655 g/mol. The molecule has 0 aliphatic carbocycles. The first kappa shape index (κ1) is 33.1. The SMILES string of the molecule is O=S(=O)(NCc1ccc(C2OC(CSc3ccccn3)C(c3ccccc3)C(c3ccc(CO)cc3)O2)cc1)c1cccc2cccnc12. The third-order valence-corrected chi connectivity index (χ3v) is 11.1. The summed E-state index contributed by atoms with van der Waals surface area (Å²) in [6.07, 6.45) is 2.12. The number of benzene rings is 4. The van der Waals surface area contributed by atoms with Crippen LogP contribution in [0.3, 0.4) is 0 Å². The number of aromatic nitrogens is 2. The molecule has 0 amide bonds. The van der Waals surface area contributed by atoms with Crippen LogP contribution in [0.5, 0.6) is 0 Å². The summed E-state index contributed by atoms with van der Waals surface area (Å²) in [5.74, 6) is 0.524. The van der Waals surface area contributed by atoms with E-state index in [1.54, 1.807) is 42.4 Å². The zero-order chi connectivity index (χ0) is 33.6. The molecule has 0 radical (unpaired) electrons. The molecule has 7 rings (SSSR count). The van der Waals surface area contributed by atoms with Gasteiger partial charge in [0.25, 0.3) is 0 Å². The van der Waals surface area contributed by atoms with Crippen LogP contribution in [0.4, 0.5) is 0 Å². The number of thioether (sulfide) groups is 1. The van der Waals surface area contributed by atoms with Gasteiger partial charge in [0.2, 0.25) is 10.0 Å². The highest BCUT2D eigenvalue weighted by Gasteiger charge is 2.42. The summed E-state index contributed by atoms with van der Waals surface area (Å²) in [5, 5.41) is 11.4. The molecule has 10 heteroatoms. The van der Waals surface area contributed by atoms with Gasteiger partial charge in [0.15, 0.2) is 6.29 Å². The number of hydrogen-bond donors (Lipinski definition) is 2. The molecule has 1 aliphatic rings. The molecule has 0 spiro atoms. The Balaban J connectivity index is 1.15. The van der Waals surface area contributed by atoms with Crippen LogP contribution >= 0.6 is 11.8 Å². The molecule has 6 aromatic rings. The summed E-state index contributed by atoms with van der Waals surface area (Å²) in [6, 6.07) is 40.4. The number of pyridine rings is 2. The number of nitrogens with zero attached hydrogens (tertiary/aromatic N) is 2. The number of fused-ring (bicyclic) bond motifs is 1. The Morgan fingerprint density at radius 3 is 2.16 bits per heavy atom. The van der Waals surface area contributed by atoms with Crippen molar-refractivity contribution in [1.82, 2.24) is 14.7 Å². The number of rotatable bonds is 11. The van der Waals surface area contributed by atoms with E-state index < -0.39 is 16.3 Å². The highest BCUT2D eigenvalue weighted by Crippen LogP contribution is 2.48. The molecule has 1 aliphatic heterocycles. The van der Waals surface area contributed by atoms with Crippen LogP contribution in [-0.2, 0) is 32.6 Å². The molecule has 49 heavy (non-hydrogen) atoms. The van der Waals surface area contributed by atoms with Crippen molar-refractivity contribution in [2.45, 2.75) is 47.5 Å². The maximum absolute atomic E-state index is 13.3. The molecule has 2 aromatic heterocycles. The normalized spacial score (nSPS) is 19.5. The van der Waals surface area contributed by atoms with Gasteiger partial charge in [-0.15, -0.1) is 11.8 Å². The summed E-state index contributed by atoms with van der Waals surface area (Å²) < 4.78 is 42.9. The van der Waals surface area contributed by atoms with E-state index in [9.17, 15) is 13.5 Å². The molecule has 8 nitrogen and oxygen atoms in total. The Hall–Kier alpha value is -4.42. The lowest BCUT2D eigenvalue weighted by atomic mass is 9.84. The van der Waals surface area contributed by atoms with Gasteiger partial charge in [0.05, 0.1) is 29.4 Å². The average molecular weight is 690 g/mol. The van der Waals surface area contributed by atoms with Crippen LogP contribution in [0, 0.1) is 0 Å². The van der Waals surface area contributed by atoms with Crippen molar-refractivity contribution in [3.63, 3.8) is 0 Å². The summed E-state index contributed by atoms with van der Waals surface area (Å²) in [6.45, 7) is 0.0712. The number of sulfonamides is 1. The van der Waals surface area contributed by atoms with E-state index in [0.717, 1.165) is 38.2 Å².